The second kappa shape index (κ2) is 8.96. The average Bonchev–Trinajstić information content (AvgIpc) is 3.23. The number of hydrogen-bond acceptors (Lipinski definition) is 6. The number of aliphatic carboxylic acids is 1. The molecule has 1 atom stereocenters. The van der Waals surface area contributed by atoms with Gasteiger partial charge in [-0.2, -0.15) is 0 Å². The van der Waals surface area contributed by atoms with Crippen LogP contribution in [0.25, 0.3) is 32.2 Å². The van der Waals surface area contributed by atoms with E-state index in [0.717, 1.165) is 44.2 Å². The molecule has 6 nitrogen and oxygen atoms in total. The van der Waals surface area contributed by atoms with Gasteiger partial charge in [0.2, 0.25) is 0 Å². The van der Waals surface area contributed by atoms with Crippen LogP contribution < -0.4 is 5.32 Å². The fraction of sp³-hybridized carbons (Fsp3) is 0.154. The summed E-state index contributed by atoms with van der Waals surface area (Å²) in [4.78, 5) is 27.8. The van der Waals surface area contributed by atoms with Crippen molar-refractivity contribution in [2.24, 2.45) is 0 Å². The van der Waals surface area contributed by atoms with E-state index >= 15 is 0 Å². The van der Waals surface area contributed by atoms with Crippen molar-refractivity contribution >= 4 is 44.2 Å². The van der Waals surface area contributed by atoms with E-state index in [4.69, 9.17) is 0 Å². The first kappa shape index (κ1) is 21.0. The first-order chi connectivity index (χ1) is 16.2. The molecule has 0 radical (unpaired) electrons. The first-order valence-electron chi connectivity index (χ1n) is 10.8. The van der Waals surface area contributed by atoms with E-state index in [1.165, 1.54) is 11.2 Å². The molecule has 0 fully saturated rings. The number of carboxylic acids is 1. The van der Waals surface area contributed by atoms with Crippen molar-refractivity contribution in [1.29, 1.82) is 0 Å². The van der Waals surface area contributed by atoms with Gasteiger partial charge in [0.1, 0.15) is 23.0 Å². The number of aryl methyl sites for hydroxylation is 1. The van der Waals surface area contributed by atoms with Crippen molar-refractivity contribution in [3.05, 3.63) is 83.6 Å². The fourth-order valence-electron chi connectivity index (χ4n) is 4.14. The third kappa shape index (κ3) is 4.03. The van der Waals surface area contributed by atoms with Gasteiger partial charge in [-0.1, -0.05) is 61.5 Å². The van der Waals surface area contributed by atoms with Crippen LogP contribution in [0.4, 0.5) is 5.82 Å². The maximum absolute atomic E-state index is 12.1. The smallest absolute Gasteiger partial charge is 0.326 e. The molecule has 164 valence electrons. The van der Waals surface area contributed by atoms with Gasteiger partial charge in [0.05, 0.1) is 10.9 Å². The van der Waals surface area contributed by atoms with E-state index in [0.29, 0.717) is 12.2 Å². The van der Waals surface area contributed by atoms with Crippen molar-refractivity contribution < 1.29 is 9.90 Å². The highest BCUT2D eigenvalue weighted by atomic mass is 32.1. The number of nitrogens with zero attached hydrogens (tertiary/aromatic N) is 3. The molecule has 0 aliphatic rings. The zero-order valence-electron chi connectivity index (χ0n) is 18.0. The Hall–Kier alpha value is -3.84. The quantitative estimate of drug-likeness (QED) is 0.334. The Balaban J connectivity index is 1.66. The molecule has 7 heteroatoms. The normalized spacial score (nSPS) is 12.2. The zero-order chi connectivity index (χ0) is 22.8. The van der Waals surface area contributed by atoms with Gasteiger partial charge in [-0.05, 0) is 18.1 Å². The van der Waals surface area contributed by atoms with E-state index in [2.05, 4.69) is 33.3 Å². The van der Waals surface area contributed by atoms with E-state index < -0.39 is 12.0 Å². The number of aromatic nitrogens is 3. The van der Waals surface area contributed by atoms with Crippen molar-refractivity contribution in [3.8, 4) is 11.1 Å². The Bertz CT molecular complexity index is 1440. The SMILES string of the molecule is CCc1sc2ncnc(NC(Cc3ccccc3)C(=O)O)c2c1-c1cccc2cccnc12. The maximum Gasteiger partial charge on any atom is 0.326 e. The minimum atomic E-state index is -0.926. The molecule has 0 aliphatic carbocycles. The van der Waals surface area contributed by atoms with Crippen molar-refractivity contribution in [2.45, 2.75) is 25.8 Å². The summed E-state index contributed by atoms with van der Waals surface area (Å²) in [5, 5.41) is 15.0. The van der Waals surface area contributed by atoms with Gasteiger partial charge in [-0.15, -0.1) is 11.3 Å². The minimum Gasteiger partial charge on any atom is -0.480 e. The molecule has 1 unspecified atom stereocenters. The zero-order valence-corrected chi connectivity index (χ0v) is 18.8. The summed E-state index contributed by atoms with van der Waals surface area (Å²) in [5.74, 6) is -0.396. The van der Waals surface area contributed by atoms with Crippen LogP contribution in [0.1, 0.15) is 17.4 Å². The summed E-state index contributed by atoms with van der Waals surface area (Å²) in [6.07, 6.45) is 4.46. The fourth-order valence-corrected chi connectivity index (χ4v) is 5.24. The minimum absolute atomic E-state index is 0.345. The average molecular weight is 455 g/mol. The highest BCUT2D eigenvalue weighted by molar-refractivity contribution is 7.19. The Kier molecular flexibility index (Phi) is 5.71. The van der Waals surface area contributed by atoms with Crippen LogP contribution in [0.15, 0.2) is 73.2 Å². The lowest BCUT2D eigenvalue weighted by atomic mass is 9.98. The Morgan fingerprint density at radius 2 is 1.85 bits per heavy atom. The molecule has 3 heterocycles. The largest absolute Gasteiger partial charge is 0.480 e. The predicted molar refractivity (Wildman–Crippen MR) is 133 cm³/mol. The summed E-state index contributed by atoms with van der Waals surface area (Å²) in [6, 6.07) is 18.9. The number of pyridine rings is 1. The Morgan fingerprint density at radius 3 is 2.64 bits per heavy atom. The number of anilines is 1. The molecule has 2 aromatic carbocycles. The molecule has 2 N–H and O–H groups in total. The molecule has 5 rings (SSSR count). The Morgan fingerprint density at radius 1 is 1.03 bits per heavy atom. The molecule has 3 aromatic heterocycles. The van der Waals surface area contributed by atoms with E-state index in [-0.39, 0.29) is 0 Å². The number of para-hydroxylation sites is 1. The number of carbonyl (C=O) groups is 1. The van der Waals surface area contributed by atoms with E-state index in [9.17, 15) is 9.90 Å². The number of rotatable bonds is 7. The highest BCUT2D eigenvalue weighted by Crippen LogP contribution is 2.43. The summed E-state index contributed by atoms with van der Waals surface area (Å²) in [5.41, 5.74) is 3.88. The van der Waals surface area contributed by atoms with Gasteiger partial charge in [0, 0.05) is 34.0 Å². The van der Waals surface area contributed by atoms with Gasteiger partial charge in [-0.25, -0.2) is 14.8 Å². The number of hydrogen-bond donors (Lipinski definition) is 2. The van der Waals surface area contributed by atoms with Crippen molar-refractivity contribution in [3.63, 3.8) is 0 Å². The first-order valence-corrected chi connectivity index (χ1v) is 11.6. The molecule has 0 saturated carbocycles. The third-order valence-corrected chi connectivity index (χ3v) is 6.92. The van der Waals surface area contributed by atoms with E-state index in [1.54, 1.807) is 17.5 Å². The molecule has 5 aromatic rings. The molecule has 0 aliphatic heterocycles. The molecular weight excluding hydrogens is 432 g/mol. The monoisotopic (exact) mass is 454 g/mol. The van der Waals surface area contributed by atoms with E-state index in [1.807, 2.05) is 54.6 Å². The van der Waals surface area contributed by atoms with Crippen molar-refractivity contribution in [1.82, 2.24) is 15.0 Å². The van der Waals surface area contributed by atoms with Crippen LogP contribution in [0.2, 0.25) is 0 Å². The molecule has 0 saturated heterocycles. The van der Waals surface area contributed by atoms with Gasteiger partial charge >= 0.3 is 5.97 Å². The number of benzene rings is 2. The third-order valence-electron chi connectivity index (χ3n) is 5.68. The van der Waals surface area contributed by atoms with Crippen LogP contribution in [0.3, 0.4) is 0 Å². The lowest BCUT2D eigenvalue weighted by Gasteiger charge is -2.17. The lowest BCUT2D eigenvalue weighted by Crippen LogP contribution is -2.32. The van der Waals surface area contributed by atoms with Gasteiger partial charge < -0.3 is 10.4 Å². The van der Waals surface area contributed by atoms with Gasteiger partial charge in [0.25, 0.3) is 0 Å². The second-order valence-corrected chi connectivity index (χ2v) is 8.85. The summed E-state index contributed by atoms with van der Waals surface area (Å²) < 4.78 is 0. The highest BCUT2D eigenvalue weighted by Gasteiger charge is 2.24. The number of nitrogens with one attached hydrogen (secondary N) is 1. The van der Waals surface area contributed by atoms with Crippen molar-refractivity contribution in [2.75, 3.05) is 5.32 Å². The van der Waals surface area contributed by atoms with Crippen LogP contribution in [-0.2, 0) is 17.6 Å². The molecule has 0 spiro atoms. The Labute approximate surface area is 195 Å². The molecule has 0 bridgehead atoms. The molecule has 33 heavy (non-hydrogen) atoms. The van der Waals surface area contributed by atoms with Crippen LogP contribution in [0, 0.1) is 0 Å². The molecular formula is C26H22N4O2S. The maximum atomic E-state index is 12.1. The van der Waals surface area contributed by atoms with Crippen LogP contribution in [-0.4, -0.2) is 32.1 Å². The number of fused-ring (bicyclic) bond motifs is 2. The predicted octanol–water partition coefficient (Wildman–Crippen LogP) is 5.58. The van der Waals surface area contributed by atoms with Gasteiger partial charge in [-0.3, -0.25) is 4.98 Å². The summed E-state index contributed by atoms with van der Waals surface area (Å²) in [6.45, 7) is 2.11. The summed E-state index contributed by atoms with van der Waals surface area (Å²) in [7, 11) is 0. The van der Waals surface area contributed by atoms with Gasteiger partial charge in [0.15, 0.2) is 0 Å². The standard InChI is InChI=1S/C26H22N4O2S/c1-2-20-21(18-12-6-10-17-11-7-13-27-23(17)18)22-24(28-15-29-25(22)33-20)30-19(26(31)32)14-16-8-4-3-5-9-16/h3-13,15,19H,2,14H2,1H3,(H,31,32)(H,28,29,30). The number of thiophene rings is 1. The lowest BCUT2D eigenvalue weighted by molar-refractivity contribution is -0.137. The molecule has 0 amide bonds. The van der Waals surface area contributed by atoms with Crippen LogP contribution >= 0.6 is 11.3 Å². The topological polar surface area (TPSA) is 88.0 Å². The van der Waals surface area contributed by atoms with Crippen LogP contribution in [0.5, 0.6) is 0 Å². The number of carboxylic acid groups (broad SMARTS) is 1. The second-order valence-electron chi connectivity index (χ2n) is 7.76. The summed E-state index contributed by atoms with van der Waals surface area (Å²) >= 11 is 1.61.